The van der Waals surface area contributed by atoms with Crippen LogP contribution in [0.25, 0.3) is 0 Å². The van der Waals surface area contributed by atoms with Gasteiger partial charge >= 0.3 is 0 Å². The lowest BCUT2D eigenvalue weighted by Crippen LogP contribution is -2.43. The Morgan fingerprint density at radius 3 is 2.79 bits per heavy atom. The molecule has 0 spiro atoms. The van der Waals surface area contributed by atoms with E-state index < -0.39 is 0 Å². The van der Waals surface area contributed by atoms with Gasteiger partial charge in [0, 0.05) is 39.1 Å². The molecule has 0 radical (unpaired) electrons. The van der Waals surface area contributed by atoms with E-state index in [0.717, 1.165) is 32.1 Å². The molecule has 0 aliphatic carbocycles. The molecule has 2 heterocycles. The first-order chi connectivity index (χ1) is 13.8. The van der Waals surface area contributed by atoms with Crippen LogP contribution in [0.2, 0.25) is 0 Å². The third kappa shape index (κ3) is 5.85. The number of carbonyl (C=O) groups excluding carboxylic acids is 1. The maximum atomic E-state index is 11.8. The van der Waals surface area contributed by atoms with Crippen LogP contribution in [0, 0.1) is 5.92 Å². The molecule has 1 aromatic heterocycles. The largest absolute Gasteiger partial charge is 0.459 e. The van der Waals surface area contributed by atoms with E-state index in [1.165, 1.54) is 11.8 Å². The van der Waals surface area contributed by atoms with Crippen molar-refractivity contribution in [3.63, 3.8) is 0 Å². The van der Waals surface area contributed by atoms with Crippen LogP contribution in [0.4, 0.5) is 0 Å². The van der Waals surface area contributed by atoms with Crippen molar-refractivity contribution in [2.24, 2.45) is 10.9 Å². The first-order valence-corrected chi connectivity index (χ1v) is 9.65. The van der Waals surface area contributed by atoms with Gasteiger partial charge in [0.25, 0.3) is 5.91 Å². The number of hydrogen-bond donors (Lipinski definition) is 2. The minimum Gasteiger partial charge on any atom is -0.459 e. The lowest BCUT2D eigenvalue weighted by Gasteiger charge is -2.21. The number of likely N-dealkylation sites (tertiary alicyclic amines) is 1. The van der Waals surface area contributed by atoms with Crippen LogP contribution in [0.3, 0.4) is 0 Å². The Morgan fingerprint density at radius 1 is 1.21 bits per heavy atom. The van der Waals surface area contributed by atoms with Gasteiger partial charge in [-0.3, -0.25) is 9.79 Å². The van der Waals surface area contributed by atoms with Crippen LogP contribution >= 0.6 is 0 Å². The Balaban J connectivity index is 1.33. The number of benzene rings is 1. The standard InChI is InChI=1S/C21H28N4O3/c1-22-21(24-11-10-23-20(26)19-8-5-13-28-19)25-12-9-18(14-25)16-27-15-17-6-3-2-4-7-17/h2-8,13,18H,9-12,14-16H2,1H3,(H,22,24)(H,23,26). The van der Waals surface area contributed by atoms with Crippen LogP contribution in [0.1, 0.15) is 22.5 Å². The SMILES string of the molecule is CN=C(NCCNC(=O)c1ccco1)N1CCC(COCc2ccccc2)C1. The van der Waals surface area contributed by atoms with E-state index in [-0.39, 0.29) is 5.91 Å². The van der Waals surface area contributed by atoms with E-state index in [4.69, 9.17) is 9.15 Å². The molecule has 2 aromatic rings. The Morgan fingerprint density at radius 2 is 2.04 bits per heavy atom. The van der Waals surface area contributed by atoms with Gasteiger partial charge in [-0.2, -0.15) is 0 Å². The second kappa shape index (κ2) is 10.5. The van der Waals surface area contributed by atoms with E-state index in [1.807, 2.05) is 18.2 Å². The van der Waals surface area contributed by atoms with Gasteiger partial charge in [0.1, 0.15) is 0 Å². The molecule has 1 atom stereocenters. The van der Waals surface area contributed by atoms with Crippen LogP contribution < -0.4 is 10.6 Å². The highest BCUT2D eigenvalue weighted by molar-refractivity contribution is 5.91. The maximum Gasteiger partial charge on any atom is 0.287 e. The summed E-state index contributed by atoms with van der Waals surface area (Å²) in [5.74, 6) is 1.47. The van der Waals surface area contributed by atoms with Gasteiger partial charge in [0.15, 0.2) is 11.7 Å². The van der Waals surface area contributed by atoms with Gasteiger partial charge < -0.3 is 24.7 Å². The number of carbonyl (C=O) groups is 1. The fourth-order valence-corrected chi connectivity index (χ4v) is 3.26. The molecule has 28 heavy (non-hydrogen) atoms. The number of guanidine groups is 1. The van der Waals surface area contributed by atoms with Crippen LogP contribution in [0.15, 0.2) is 58.1 Å². The predicted molar refractivity (Wildman–Crippen MR) is 108 cm³/mol. The van der Waals surface area contributed by atoms with Crippen molar-refractivity contribution in [3.8, 4) is 0 Å². The predicted octanol–water partition coefficient (Wildman–Crippen LogP) is 2.12. The summed E-state index contributed by atoms with van der Waals surface area (Å²) < 4.78 is 11.0. The van der Waals surface area contributed by atoms with Crippen LogP contribution in [-0.2, 0) is 11.3 Å². The molecular weight excluding hydrogens is 356 g/mol. The summed E-state index contributed by atoms with van der Waals surface area (Å²) in [6.45, 7) is 4.38. The van der Waals surface area contributed by atoms with Crippen molar-refractivity contribution in [1.29, 1.82) is 0 Å². The average molecular weight is 384 g/mol. The Bertz CT molecular complexity index is 746. The molecule has 7 nitrogen and oxygen atoms in total. The van der Waals surface area contributed by atoms with E-state index in [1.54, 1.807) is 19.2 Å². The average Bonchev–Trinajstić information content (AvgIpc) is 3.41. The van der Waals surface area contributed by atoms with Gasteiger partial charge in [-0.05, 0) is 24.1 Å². The zero-order chi connectivity index (χ0) is 19.6. The maximum absolute atomic E-state index is 11.8. The van der Waals surface area contributed by atoms with Crippen LogP contribution in [0.5, 0.6) is 0 Å². The third-order valence-electron chi connectivity index (χ3n) is 4.70. The molecule has 1 aliphatic rings. The highest BCUT2D eigenvalue weighted by atomic mass is 16.5. The second-order valence-electron chi connectivity index (χ2n) is 6.81. The molecule has 1 fully saturated rings. The first kappa shape index (κ1) is 19.9. The molecule has 1 aliphatic heterocycles. The summed E-state index contributed by atoms with van der Waals surface area (Å²) >= 11 is 0. The van der Waals surface area contributed by atoms with E-state index in [9.17, 15) is 4.79 Å². The molecule has 0 saturated carbocycles. The third-order valence-corrected chi connectivity index (χ3v) is 4.70. The summed E-state index contributed by atoms with van der Waals surface area (Å²) in [4.78, 5) is 18.4. The fourth-order valence-electron chi connectivity index (χ4n) is 3.26. The Hall–Kier alpha value is -2.80. The fraction of sp³-hybridized carbons (Fsp3) is 0.429. The van der Waals surface area contributed by atoms with E-state index >= 15 is 0 Å². The second-order valence-corrected chi connectivity index (χ2v) is 6.81. The molecule has 1 unspecified atom stereocenters. The zero-order valence-electron chi connectivity index (χ0n) is 16.3. The molecule has 150 valence electrons. The molecule has 7 heteroatoms. The summed E-state index contributed by atoms with van der Waals surface area (Å²) in [5, 5.41) is 6.12. The topological polar surface area (TPSA) is 79.1 Å². The van der Waals surface area contributed by atoms with Gasteiger partial charge in [-0.15, -0.1) is 0 Å². The minimum atomic E-state index is -0.210. The smallest absolute Gasteiger partial charge is 0.287 e. The highest BCUT2D eigenvalue weighted by Gasteiger charge is 2.24. The van der Waals surface area contributed by atoms with E-state index in [2.05, 4.69) is 32.7 Å². The zero-order valence-corrected chi connectivity index (χ0v) is 16.3. The minimum absolute atomic E-state index is 0.210. The Labute approximate surface area is 165 Å². The molecule has 3 rings (SSSR count). The van der Waals surface area contributed by atoms with Crippen molar-refractivity contribution in [1.82, 2.24) is 15.5 Å². The summed E-state index contributed by atoms with van der Waals surface area (Å²) in [6.07, 6.45) is 2.58. The number of furan rings is 1. The first-order valence-electron chi connectivity index (χ1n) is 9.65. The quantitative estimate of drug-likeness (QED) is 0.414. The van der Waals surface area contributed by atoms with Gasteiger partial charge in [-0.1, -0.05) is 30.3 Å². The molecule has 1 aromatic carbocycles. The normalized spacial score (nSPS) is 17.0. The van der Waals surface area contributed by atoms with Gasteiger partial charge in [-0.25, -0.2) is 0 Å². The molecule has 1 amide bonds. The monoisotopic (exact) mass is 384 g/mol. The molecule has 1 saturated heterocycles. The van der Waals surface area contributed by atoms with Gasteiger partial charge in [0.2, 0.25) is 0 Å². The highest BCUT2D eigenvalue weighted by Crippen LogP contribution is 2.17. The molecule has 2 N–H and O–H groups in total. The van der Waals surface area contributed by atoms with E-state index in [0.29, 0.717) is 31.4 Å². The number of amides is 1. The lowest BCUT2D eigenvalue weighted by molar-refractivity contribution is 0.0906. The van der Waals surface area contributed by atoms with Crippen molar-refractivity contribution in [2.75, 3.05) is 39.8 Å². The van der Waals surface area contributed by atoms with Crippen LogP contribution in [-0.4, -0.2) is 56.6 Å². The van der Waals surface area contributed by atoms with Crippen molar-refractivity contribution in [2.45, 2.75) is 13.0 Å². The lowest BCUT2D eigenvalue weighted by atomic mass is 10.1. The number of nitrogens with zero attached hydrogens (tertiary/aromatic N) is 2. The summed E-state index contributed by atoms with van der Waals surface area (Å²) in [5.41, 5.74) is 1.20. The molecule has 0 bridgehead atoms. The van der Waals surface area contributed by atoms with Crippen molar-refractivity contribution < 1.29 is 13.9 Å². The van der Waals surface area contributed by atoms with Crippen molar-refractivity contribution in [3.05, 3.63) is 60.1 Å². The number of aliphatic imine (C=N–C) groups is 1. The molecular formula is C21H28N4O3. The number of ether oxygens (including phenoxy) is 1. The number of hydrogen-bond acceptors (Lipinski definition) is 4. The van der Waals surface area contributed by atoms with Gasteiger partial charge in [0.05, 0.1) is 19.5 Å². The number of nitrogens with one attached hydrogen (secondary N) is 2. The summed E-state index contributed by atoms with van der Waals surface area (Å²) in [7, 11) is 1.78. The van der Waals surface area contributed by atoms with Crippen molar-refractivity contribution >= 4 is 11.9 Å². The number of rotatable bonds is 8. The summed E-state index contributed by atoms with van der Waals surface area (Å²) in [6, 6.07) is 13.6. The Kier molecular flexibility index (Phi) is 7.49.